The van der Waals surface area contributed by atoms with Gasteiger partial charge in [-0.2, -0.15) is 4.31 Å². The van der Waals surface area contributed by atoms with Crippen LogP contribution in [0.1, 0.15) is 26.7 Å². The molecule has 2 fully saturated rings. The third kappa shape index (κ3) is 3.89. The lowest BCUT2D eigenvalue weighted by Crippen LogP contribution is -2.53. The average Bonchev–Trinajstić information content (AvgIpc) is 2.99. The van der Waals surface area contributed by atoms with Crippen molar-refractivity contribution in [2.45, 2.75) is 37.1 Å². The molecule has 0 bridgehead atoms. The Labute approximate surface area is 174 Å². The number of piperazine rings is 1. The summed E-state index contributed by atoms with van der Waals surface area (Å²) in [5.41, 5.74) is -1.16. The standard InChI is InChI=1S/C18H25N5O6S/c1-3-18(4-2)16(24)22(17(25)19-18)13-20-8-10-21(11-9-20)30(28,29)15-7-5-6-14(12-15)23(26)27/h5-7,12H,3-4,8-11,13H2,1-2H3,(H,19,25). The minimum absolute atomic E-state index is 0.0944. The largest absolute Gasteiger partial charge is 0.326 e. The molecule has 164 valence electrons. The number of nitro benzene ring substituents is 1. The Morgan fingerprint density at radius 2 is 1.77 bits per heavy atom. The number of amides is 3. The first-order valence-electron chi connectivity index (χ1n) is 9.75. The zero-order valence-electron chi connectivity index (χ0n) is 16.9. The molecule has 2 saturated heterocycles. The third-order valence-electron chi connectivity index (χ3n) is 5.79. The molecule has 2 aliphatic rings. The highest BCUT2D eigenvalue weighted by atomic mass is 32.2. The van der Waals surface area contributed by atoms with E-state index in [1.54, 1.807) is 0 Å². The molecule has 0 saturated carbocycles. The monoisotopic (exact) mass is 439 g/mol. The van der Waals surface area contributed by atoms with Crippen molar-refractivity contribution in [2.24, 2.45) is 0 Å². The van der Waals surface area contributed by atoms with Crippen molar-refractivity contribution < 1.29 is 22.9 Å². The fourth-order valence-electron chi connectivity index (χ4n) is 3.75. The van der Waals surface area contributed by atoms with E-state index in [0.29, 0.717) is 25.9 Å². The van der Waals surface area contributed by atoms with E-state index in [2.05, 4.69) is 5.32 Å². The van der Waals surface area contributed by atoms with Gasteiger partial charge in [0.05, 0.1) is 16.5 Å². The lowest BCUT2D eigenvalue weighted by atomic mass is 9.93. The Kier molecular flexibility index (Phi) is 6.11. The number of non-ortho nitro benzene ring substituents is 1. The molecule has 0 atom stereocenters. The average molecular weight is 439 g/mol. The highest BCUT2D eigenvalue weighted by molar-refractivity contribution is 7.89. The second-order valence-electron chi connectivity index (χ2n) is 7.37. The summed E-state index contributed by atoms with van der Waals surface area (Å²) < 4.78 is 26.9. The fourth-order valence-corrected chi connectivity index (χ4v) is 5.21. The topological polar surface area (TPSA) is 133 Å². The van der Waals surface area contributed by atoms with Gasteiger partial charge in [-0.3, -0.25) is 19.8 Å². The number of benzene rings is 1. The van der Waals surface area contributed by atoms with Crippen LogP contribution in [0, 0.1) is 10.1 Å². The van der Waals surface area contributed by atoms with Crippen LogP contribution in [0.25, 0.3) is 0 Å². The van der Waals surface area contributed by atoms with Crippen LogP contribution in [0.4, 0.5) is 10.5 Å². The summed E-state index contributed by atoms with van der Waals surface area (Å²) >= 11 is 0. The van der Waals surface area contributed by atoms with Crippen LogP contribution in [0.5, 0.6) is 0 Å². The molecule has 30 heavy (non-hydrogen) atoms. The number of imide groups is 1. The number of nitrogens with one attached hydrogen (secondary N) is 1. The second-order valence-corrected chi connectivity index (χ2v) is 9.31. The van der Waals surface area contributed by atoms with E-state index in [9.17, 15) is 28.1 Å². The Balaban J connectivity index is 1.65. The number of sulfonamides is 1. The fraction of sp³-hybridized carbons (Fsp3) is 0.556. The van der Waals surface area contributed by atoms with Crippen LogP contribution in [-0.2, 0) is 14.8 Å². The molecular formula is C18H25N5O6S. The smallest absolute Gasteiger partial charge is 0.323 e. The van der Waals surface area contributed by atoms with Gasteiger partial charge in [-0.05, 0) is 18.9 Å². The van der Waals surface area contributed by atoms with Crippen molar-refractivity contribution >= 4 is 27.6 Å². The molecule has 2 aliphatic heterocycles. The van der Waals surface area contributed by atoms with Crippen molar-refractivity contribution in [3.8, 4) is 0 Å². The van der Waals surface area contributed by atoms with E-state index in [-0.39, 0.29) is 36.2 Å². The predicted octanol–water partition coefficient (Wildman–Crippen LogP) is 0.969. The van der Waals surface area contributed by atoms with E-state index in [1.807, 2.05) is 18.7 Å². The lowest BCUT2D eigenvalue weighted by molar-refractivity contribution is -0.385. The molecule has 11 nitrogen and oxygen atoms in total. The number of carbonyl (C=O) groups is 2. The highest BCUT2D eigenvalue weighted by Gasteiger charge is 2.49. The Morgan fingerprint density at radius 3 is 2.30 bits per heavy atom. The summed E-state index contributed by atoms with van der Waals surface area (Å²) in [7, 11) is -3.87. The number of hydrogen-bond donors (Lipinski definition) is 1. The van der Waals surface area contributed by atoms with Gasteiger partial charge in [0.15, 0.2) is 0 Å². The molecule has 0 aliphatic carbocycles. The number of rotatable bonds is 7. The maximum atomic E-state index is 12.8. The van der Waals surface area contributed by atoms with Gasteiger partial charge in [-0.1, -0.05) is 19.9 Å². The maximum absolute atomic E-state index is 12.8. The van der Waals surface area contributed by atoms with Gasteiger partial charge < -0.3 is 5.32 Å². The van der Waals surface area contributed by atoms with Crippen LogP contribution in [-0.4, -0.2) is 77.8 Å². The van der Waals surface area contributed by atoms with Crippen molar-refractivity contribution in [2.75, 3.05) is 32.8 Å². The van der Waals surface area contributed by atoms with E-state index >= 15 is 0 Å². The lowest BCUT2D eigenvalue weighted by Gasteiger charge is -2.35. The first-order valence-corrected chi connectivity index (χ1v) is 11.2. The number of hydrogen-bond acceptors (Lipinski definition) is 7. The molecule has 0 unspecified atom stereocenters. The molecule has 1 aromatic rings. The van der Waals surface area contributed by atoms with Crippen molar-refractivity contribution in [3.63, 3.8) is 0 Å². The normalized spacial score (nSPS) is 20.4. The Morgan fingerprint density at radius 1 is 1.13 bits per heavy atom. The molecule has 1 N–H and O–H groups in total. The van der Waals surface area contributed by atoms with Gasteiger partial charge in [-0.15, -0.1) is 0 Å². The summed E-state index contributed by atoms with van der Waals surface area (Å²) in [5, 5.41) is 13.7. The summed E-state index contributed by atoms with van der Waals surface area (Å²) in [6.07, 6.45) is 1.000. The number of nitro groups is 1. The third-order valence-corrected chi connectivity index (χ3v) is 7.69. The summed E-state index contributed by atoms with van der Waals surface area (Å²) in [6, 6.07) is 4.52. The van der Waals surface area contributed by atoms with Gasteiger partial charge in [0.2, 0.25) is 10.0 Å². The van der Waals surface area contributed by atoms with Gasteiger partial charge in [0.1, 0.15) is 5.54 Å². The highest BCUT2D eigenvalue weighted by Crippen LogP contribution is 2.26. The van der Waals surface area contributed by atoms with Gasteiger partial charge in [-0.25, -0.2) is 18.1 Å². The minimum Gasteiger partial charge on any atom is -0.323 e. The van der Waals surface area contributed by atoms with Crippen LogP contribution in [0.3, 0.4) is 0 Å². The van der Waals surface area contributed by atoms with Crippen molar-refractivity contribution in [1.29, 1.82) is 0 Å². The molecule has 12 heteroatoms. The first-order chi connectivity index (χ1) is 14.1. The molecular weight excluding hydrogens is 414 g/mol. The van der Waals surface area contributed by atoms with E-state index < -0.39 is 26.5 Å². The Bertz CT molecular complexity index is 954. The van der Waals surface area contributed by atoms with E-state index in [1.165, 1.54) is 27.4 Å². The molecule has 3 rings (SSSR count). The molecule has 0 radical (unpaired) electrons. The van der Waals surface area contributed by atoms with Crippen LogP contribution >= 0.6 is 0 Å². The minimum atomic E-state index is -3.87. The van der Waals surface area contributed by atoms with Crippen LogP contribution in [0.15, 0.2) is 29.2 Å². The van der Waals surface area contributed by atoms with Gasteiger partial charge in [0, 0.05) is 38.3 Å². The van der Waals surface area contributed by atoms with Crippen molar-refractivity contribution in [1.82, 2.24) is 19.4 Å². The number of urea groups is 1. The zero-order chi connectivity index (χ0) is 22.1. The predicted molar refractivity (Wildman–Crippen MR) is 107 cm³/mol. The zero-order valence-corrected chi connectivity index (χ0v) is 17.7. The summed E-state index contributed by atoms with van der Waals surface area (Å²) in [4.78, 5) is 38.2. The molecule has 0 aromatic heterocycles. The SMILES string of the molecule is CCC1(CC)NC(=O)N(CN2CCN(S(=O)(=O)c3cccc([N+](=O)[O-])c3)CC2)C1=O. The van der Waals surface area contributed by atoms with Gasteiger partial charge in [0.25, 0.3) is 11.6 Å². The molecule has 1 aromatic carbocycles. The molecule has 2 heterocycles. The molecule has 0 spiro atoms. The van der Waals surface area contributed by atoms with Crippen molar-refractivity contribution in [3.05, 3.63) is 34.4 Å². The van der Waals surface area contributed by atoms with E-state index in [4.69, 9.17) is 0 Å². The number of nitrogens with zero attached hydrogens (tertiary/aromatic N) is 4. The quantitative estimate of drug-likeness (QED) is 0.380. The van der Waals surface area contributed by atoms with Crippen LogP contribution in [0.2, 0.25) is 0 Å². The van der Waals surface area contributed by atoms with Crippen LogP contribution < -0.4 is 5.32 Å². The van der Waals surface area contributed by atoms with E-state index in [0.717, 1.165) is 6.07 Å². The Hall–Kier alpha value is -2.57. The first kappa shape index (κ1) is 22.1. The maximum Gasteiger partial charge on any atom is 0.326 e. The molecule has 3 amide bonds. The summed E-state index contributed by atoms with van der Waals surface area (Å²) in [5.74, 6) is -0.260. The number of carbonyl (C=O) groups excluding carboxylic acids is 2. The summed E-state index contributed by atoms with van der Waals surface area (Å²) in [6.45, 7) is 4.76. The van der Waals surface area contributed by atoms with Gasteiger partial charge >= 0.3 is 6.03 Å². The second kappa shape index (κ2) is 8.28.